The van der Waals surface area contributed by atoms with Crippen molar-refractivity contribution in [2.24, 2.45) is 5.41 Å². The van der Waals surface area contributed by atoms with Gasteiger partial charge >= 0.3 is 0 Å². The van der Waals surface area contributed by atoms with E-state index in [9.17, 15) is 14.1 Å². The quantitative estimate of drug-likeness (QED) is 0.863. The summed E-state index contributed by atoms with van der Waals surface area (Å²) in [6.07, 6.45) is 0.232. The van der Waals surface area contributed by atoms with Gasteiger partial charge in [0, 0.05) is 34.5 Å². The number of Topliss-reactive ketones (excluding diaryl/α,β-unsaturated/α-hetero) is 1. The van der Waals surface area contributed by atoms with Crippen LogP contribution in [0.5, 0.6) is 0 Å². The number of aliphatic hydroxyl groups is 1. The number of fused-ring (bicyclic) bond motifs is 1. The van der Waals surface area contributed by atoms with Gasteiger partial charge < -0.3 is 10.1 Å². The molecule has 1 aliphatic rings. The smallest absolute Gasteiger partial charge is 0.165 e. The molecule has 2 atom stereocenters. The number of hydrogen-bond acceptors (Lipinski definition) is 3. The summed E-state index contributed by atoms with van der Waals surface area (Å²) in [7, 11) is 2.08. The van der Waals surface area contributed by atoms with Gasteiger partial charge in [-0.1, -0.05) is 32.0 Å². The van der Waals surface area contributed by atoms with Gasteiger partial charge in [-0.15, -0.1) is 0 Å². The van der Waals surface area contributed by atoms with E-state index in [2.05, 4.69) is 18.8 Å². The van der Waals surface area contributed by atoms with Gasteiger partial charge in [-0.25, -0.2) is 8.51 Å². The van der Waals surface area contributed by atoms with Crippen molar-refractivity contribution in [1.82, 2.24) is 9.29 Å². The lowest BCUT2D eigenvalue weighted by molar-refractivity contribution is 0.0906. The van der Waals surface area contributed by atoms with Crippen molar-refractivity contribution in [3.05, 3.63) is 52.3 Å². The largest absolute Gasteiger partial charge is 0.384 e. The van der Waals surface area contributed by atoms with Crippen molar-refractivity contribution in [1.29, 1.82) is 0 Å². The van der Waals surface area contributed by atoms with Crippen molar-refractivity contribution in [2.75, 3.05) is 14.1 Å². The van der Waals surface area contributed by atoms with Gasteiger partial charge in [0.2, 0.25) is 0 Å². The third kappa shape index (κ3) is 3.29. The molecule has 5 nitrogen and oxygen atoms in total. The van der Waals surface area contributed by atoms with Gasteiger partial charge in [-0.2, -0.15) is 0 Å². The Morgan fingerprint density at radius 3 is 2.54 bits per heavy atom. The van der Waals surface area contributed by atoms with E-state index in [0.717, 1.165) is 17.8 Å². The van der Waals surface area contributed by atoms with E-state index in [4.69, 9.17) is 0 Å². The zero-order valence-corrected chi connectivity index (χ0v) is 16.7. The number of benzene rings is 1. The monoisotopic (exact) mass is 374 g/mol. The Kier molecular flexibility index (Phi) is 4.94. The Labute approximate surface area is 157 Å². The van der Waals surface area contributed by atoms with Crippen LogP contribution in [0.25, 0.3) is 0 Å². The van der Waals surface area contributed by atoms with Gasteiger partial charge in [0.15, 0.2) is 5.78 Å². The number of aryl methyl sites for hydroxylation is 1. The lowest BCUT2D eigenvalue weighted by Gasteiger charge is -2.29. The molecule has 0 spiro atoms. The molecule has 6 heteroatoms. The summed E-state index contributed by atoms with van der Waals surface area (Å²) in [5.41, 5.74) is 3.39. The fourth-order valence-corrected chi connectivity index (χ4v) is 4.75. The molecule has 0 radical (unpaired) electrons. The molecule has 0 saturated heterocycles. The lowest BCUT2D eigenvalue weighted by atomic mass is 9.75. The van der Waals surface area contributed by atoms with E-state index in [1.165, 1.54) is 0 Å². The number of ketones is 1. The van der Waals surface area contributed by atoms with Crippen molar-refractivity contribution >= 4 is 16.8 Å². The third-order valence-corrected chi connectivity index (χ3v) is 6.30. The molecule has 3 rings (SSSR count). The van der Waals surface area contributed by atoms with E-state index < -0.39 is 17.1 Å². The molecule has 1 aromatic carbocycles. The first-order valence-electron chi connectivity index (χ1n) is 8.73. The molecule has 2 unspecified atom stereocenters. The van der Waals surface area contributed by atoms with E-state index in [0.29, 0.717) is 28.0 Å². The van der Waals surface area contributed by atoms with E-state index in [1.807, 2.05) is 13.0 Å². The lowest BCUT2D eigenvalue weighted by Crippen LogP contribution is -2.27. The van der Waals surface area contributed by atoms with Gasteiger partial charge in [-0.3, -0.25) is 4.79 Å². The maximum Gasteiger partial charge on any atom is 0.165 e. The number of aromatic nitrogens is 1. The first-order chi connectivity index (χ1) is 12.1. The molecule has 0 bridgehead atoms. The summed E-state index contributed by atoms with van der Waals surface area (Å²) in [4.78, 5) is 16.7. The maximum absolute atomic E-state index is 12.8. The number of H-pyrrole nitrogens is 1. The molecule has 2 aromatic rings. The zero-order valence-electron chi connectivity index (χ0n) is 15.9. The average molecular weight is 375 g/mol. The second kappa shape index (κ2) is 6.76. The SMILES string of the molecule is Cc1[nH]c2c(c1C(O)c1ccccc1S(=O)N(C)C)C(=O)CC(C)(C)C2. The average Bonchev–Trinajstić information content (AvgIpc) is 2.88. The summed E-state index contributed by atoms with van der Waals surface area (Å²) in [6.45, 7) is 6.04. The van der Waals surface area contributed by atoms with Crippen LogP contribution < -0.4 is 0 Å². The second-order valence-corrected chi connectivity index (χ2v) is 9.63. The number of aliphatic hydroxyl groups excluding tert-OH is 1. The second-order valence-electron chi connectivity index (χ2n) is 7.96. The van der Waals surface area contributed by atoms with Gasteiger partial charge in [0.25, 0.3) is 0 Å². The minimum atomic E-state index is -1.38. The standard InChI is InChI=1S/C20H26N2O3S/c1-12-17(18-14(21-12)10-20(2,3)11-15(18)23)19(24)13-8-6-7-9-16(13)26(25)22(4)5/h6-9,19,21,24H,10-11H2,1-5H3. The number of aromatic amines is 1. The van der Waals surface area contributed by atoms with Crippen molar-refractivity contribution in [3.8, 4) is 0 Å². The van der Waals surface area contributed by atoms with Crippen LogP contribution in [0.1, 0.15) is 59.2 Å². The molecule has 140 valence electrons. The summed E-state index contributed by atoms with van der Waals surface area (Å²) in [5, 5.41) is 11.2. The van der Waals surface area contributed by atoms with E-state index >= 15 is 0 Å². The first kappa shape index (κ1) is 19.0. The summed E-state index contributed by atoms with van der Waals surface area (Å²) in [5.74, 6) is 0.0564. The minimum Gasteiger partial charge on any atom is -0.384 e. The zero-order chi connectivity index (χ0) is 19.2. The van der Waals surface area contributed by atoms with Gasteiger partial charge in [-0.05, 0) is 38.9 Å². The van der Waals surface area contributed by atoms with Crippen LogP contribution in [0.15, 0.2) is 29.2 Å². The highest BCUT2D eigenvalue weighted by Gasteiger charge is 2.37. The predicted molar refractivity (Wildman–Crippen MR) is 103 cm³/mol. The van der Waals surface area contributed by atoms with Crippen LogP contribution >= 0.6 is 0 Å². The maximum atomic E-state index is 12.8. The highest BCUT2D eigenvalue weighted by atomic mass is 32.2. The number of nitrogens with zero attached hydrogens (tertiary/aromatic N) is 1. The Morgan fingerprint density at radius 1 is 1.23 bits per heavy atom. The third-order valence-electron chi connectivity index (χ3n) is 4.89. The van der Waals surface area contributed by atoms with Crippen LogP contribution in [0.2, 0.25) is 0 Å². The van der Waals surface area contributed by atoms with Gasteiger partial charge in [0.1, 0.15) is 17.1 Å². The normalized spacial score (nSPS) is 18.7. The van der Waals surface area contributed by atoms with Crippen LogP contribution in [0.3, 0.4) is 0 Å². The number of carbonyl (C=O) groups excluding carboxylic acids is 1. The van der Waals surface area contributed by atoms with Crippen LogP contribution in [-0.2, 0) is 17.4 Å². The first-order valence-corrected chi connectivity index (χ1v) is 9.84. The Morgan fingerprint density at radius 2 is 1.88 bits per heavy atom. The van der Waals surface area contributed by atoms with Crippen molar-refractivity contribution in [3.63, 3.8) is 0 Å². The fraction of sp³-hybridized carbons (Fsp3) is 0.450. The molecule has 2 N–H and O–H groups in total. The minimum absolute atomic E-state index is 0.0564. The fourth-order valence-electron chi connectivity index (χ4n) is 3.78. The number of hydrogen-bond donors (Lipinski definition) is 2. The molecule has 1 aliphatic carbocycles. The molecule has 0 fully saturated rings. The molecular formula is C20H26N2O3S. The predicted octanol–water partition coefficient (Wildman–Crippen LogP) is 3.14. The Hall–Kier alpha value is -1.76. The van der Waals surface area contributed by atoms with Crippen molar-refractivity contribution in [2.45, 2.75) is 44.6 Å². The molecule has 1 heterocycles. The summed E-state index contributed by atoms with van der Waals surface area (Å²) >= 11 is 0. The number of carbonyl (C=O) groups is 1. The molecule has 1 aromatic heterocycles. The number of rotatable bonds is 4. The van der Waals surface area contributed by atoms with Crippen LogP contribution in [-0.4, -0.2) is 38.5 Å². The summed E-state index contributed by atoms with van der Waals surface area (Å²) in [6, 6.07) is 7.15. The molecule has 0 saturated carbocycles. The van der Waals surface area contributed by atoms with Crippen molar-refractivity contribution < 1.29 is 14.1 Å². The highest BCUT2D eigenvalue weighted by Crippen LogP contribution is 2.40. The topological polar surface area (TPSA) is 73.4 Å². The molecular weight excluding hydrogens is 348 g/mol. The van der Waals surface area contributed by atoms with Gasteiger partial charge in [0.05, 0.1) is 4.90 Å². The van der Waals surface area contributed by atoms with Crippen LogP contribution in [0.4, 0.5) is 0 Å². The highest BCUT2D eigenvalue weighted by molar-refractivity contribution is 7.82. The summed E-state index contributed by atoms with van der Waals surface area (Å²) < 4.78 is 14.2. The molecule has 26 heavy (non-hydrogen) atoms. The Bertz CT molecular complexity index is 883. The number of nitrogens with one attached hydrogen (secondary N) is 1. The van der Waals surface area contributed by atoms with E-state index in [-0.39, 0.29) is 11.2 Å². The van der Waals surface area contributed by atoms with Crippen LogP contribution in [0, 0.1) is 12.3 Å². The molecule has 0 amide bonds. The van der Waals surface area contributed by atoms with E-state index in [1.54, 1.807) is 36.6 Å². The Balaban J connectivity index is 2.12. The molecule has 0 aliphatic heterocycles.